The number of fused-ring (bicyclic) bond motifs is 1. The molecule has 2 rings (SSSR count). The topological polar surface area (TPSA) is 62.5 Å². The van der Waals surface area contributed by atoms with Crippen molar-refractivity contribution < 1.29 is 15.0 Å². The normalized spacial score (nSPS) is 10.7. The Morgan fingerprint density at radius 2 is 2.20 bits per heavy atom. The van der Waals surface area contributed by atoms with E-state index in [-0.39, 0.29) is 12.3 Å². The minimum absolute atomic E-state index is 0.113. The highest BCUT2D eigenvalue weighted by Gasteiger charge is 2.10. The van der Waals surface area contributed by atoms with Crippen LogP contribution in [-0.2, 0) is 11.3 Å². The summed E-state index contributed by atoms with van der Waals surface area (Å²) in [5.41, 5.74) is 1.54. The number of carbonyl (C=O) groups is 1. The van der Waals surface area contributed by atoms with E-state index in [9.17, 15) is 9.90 Å². The first-order chi connectivity index (χ1) is 7.09. The highest BCUT2D eigenvalue weighted by atomic mass is 16.4. The van der Waals surface area contributed by atoms with Crippen LogP contribution in [0.4, 0.5) is 0 Å². The molecule has 0 saturated heterocycles. The summed E-state index contributed by atoms with van der Waals surface area (Å²) in [7, 11) is 0. The first-order valence-corrected chi connectivity index (χ1v) is 4.59. The maximum Gasteiger partial charge on any atom is 0.323 e. The van der Waals surface area contributed by atoms with Crippen LogP contribution in [0.3, 0.4) is 0 Å². The molecule has 0 amide bonds. The molecule has 1 heterocycles. The van der Waals surface area contributed by atoms with Crippen LogP contribution in [0.1, 0.15) is 5.56 Å². The number of aromatic hydroxyl groups is 1. The molecular formula is C11H11NO3. The molecule has 2 aromatic rings. The van der Waals surface area contributed by atoms with E-state index in [0.717, 1.165) is 10.9 Å². The number of carboxylic acids is 1. The number of rotatable bonds is 2. The Hall–Kier alpha value is -1.97. The zero-order valence-corrected chi connectivity index (χ0v) is 8.27. The Labute approximate surface area is 86.4 Å². The fourth-order valence-electron chi connectivity index (χ4n) is 1.79. The van der Waals surface area contributed by atoms with Crippen molar-refractivity contribution in [3.63, 3.8) is 0 Å². The van der Waals surface area contributed by atoms with Gasteiger partial charge >= 0.3 is 5.97 Å². The molecule has 1 aromatic carbocycles. The highest BCUT2D eigenvalue weighted by molar-refractivity contribution is 5.89. The van der Waals surface area contributed by atoms with Crippen molar-refractivity contribution in [2.75, 3.05) is 0 Å². The van der Waals surface area contributed by atoms with Crippen LogP contribution in [0.25, 0.3) is 10.9 Å². The van der Waals surface area contributed by atoms with Crippen LogP contribution in [-0.4, -0.2) is 20.7 Å². The summed E-state index contributed by atoms with van der Waals surface area (Å²) < 4.78 is 1.54. The molecule has 0 aliphatic rings. The molecule has 0 bridgehead atoms. The van der Waals surface area contributed by atoms with E-state index in [4.69, 9.17) is 5.11 Å². The van der Waals surface area contributed by atoms with E-state index in [0.29, 0.717) is 5.52 Å². The van der Waals surface area contributed by atoms with Crippen molar-refractivity contribution >= 4 is 16.9 Å². The minimum atomic E-state index is -0.921. The average molecular weight is 205 g/mol. The molecule has 1 aromatic heterocycles. The predicted molar refractivity (Wildman–Crippen MR) is 56.0 cm³/mol. The lowest BCUT2D eigenvalue weighted by Gasteiger charge is -2.02. The first-order valence-electron chi connectivity index (χ1n) is 4.59. The van der Waals surface area contributed by atoms with Gasteiger partial charge in [-0.3, -0.25) is 4.79 Å². The van der Waals surface area contributed by atoms with Gasteiger partial charge in [-0.1, -0.05) is 12.1 Å². The maximum atomic E-state index is 10.6. The van der Waals surface area contributed by atoms with Crippen molar-refractivity contribution in [3.05, 3.63) is 30.0 Å². The third kappa shape index (κ3) is 1.54. The predicted octanol–water partition coefficient (Wildman–Crippen LogP) is 1.74. The Morgan fingerprint density at radius 1 is 1.47 bits per heavy atom. The summed E-state index contributed by atoms with van der Waals surface area (Å²) in [5, 5.41) is 19.3. The smallest absolute Gasteiger partial charge is 0.323 e. The summed E-state index contributed by atoms with van der Waals surface area (Å²) in [4.78, 5) is 10.6. The lowest BCUT2D eigenvalue weighted by Crippen LogP contribution is -2.07. The van der Waals surface area contributed by atoms with Crippen molar-refractivity contribution in [1.29, 1.82) is 0 Å². The van der Waals surface area contributed by atoms with Crippen LogP contribution in [0.15, 0.2) is 24.4 Å². The Kier molecular flexibility index (Phi) is 2.11. The molecule has 4 heteroatoms. The minimum Gasteiger partial charge on any atom is -0.506 e. The molecule has 0 radical (unpaired) electrons. The third-order valence-corrected chi connectivity index (χ3v) is 2.38. The van der Waals surface area contributed by atoms with Crippen LogP contribution in [0, 0.1) is 6.92 Å². The number of para-hydroxylation sites is 1. The third-order valence-electron chi connectivity index (χ3n) is 2.38. The van der Waals surface area contributed by atoms with Crippen LogP contribution < -0.4 is 0 Å². The van der Waals surface area contributed by atoms with Gasteiger partial charge in [0.25, 0.3) is 0 Å². The number of carboxylic acid groups (broad SMARTS) is 1. The van der Waals surface area contributed by atoms with E-state index in [1.54, 1.807) is 22.9 Å². The van der Waals surface area contributed by atoms with Gasteiger partial charge in [-0.2, -0.15) is 0 Å². The van der Waals surface area contributed by atoms with Gasteiger partial charge in [-0.05, 0) is 18.6 Å². The van der Waals surface area contributed by atoms with Crippen molar-refractivity contribution in [1.82, 2.24) is 4.57 Å². The number of hydrogen-bond donors (Lipinski definition) is 2. The maximum absolute atomic E-state index is 10.6. The van der Waals surface area contributed by atoms with Gasteiger partial charge in [-0.25, -0.2) is 0 Å². The van der Waals surface area contributed by atoms with Crippen molar-refractivity contribution in [2.24, 2.45) is 0 Å². The van der Waals surface area contributed by atoms with Crippen LogP contribution in [0.5, 0.6) is 5.75 Å². The molecule has 15 heavy (non-hydrogen) atoms. The van der Waals surface area contributed by atoms with Crippen LogP contribution in [0.2, 0.25) is 0 Å². The van der Waals surface area contributed by atoms with Gasteiger partial charge in [0.05, 0.1) is 5.52 Å². The summed E-state index contributed by atoms with van der Waals surface area (Å²) in [6.45, 7) is 1.75. The molecule has 78 valence electrons. The molecule has 0 aliphatic carbocycles. The van der Waals surface area contributed by atoms with E-state index in [2.05, 4.69) is 0 Å². The molecule has 2 N–H and O–H groups in total. The number of hydrogen-bond acceptors (Lipinski definition) is 2. The van der Waals surface area contributed by atoms with Crippen LogP contribution >= 0.6 is 0 Å². The van der Waals surface area contributed by atoms with Crippen molar-refractivity contribution in [3.8, 4) is 5.75 Å². The summed E-state index contributed by atoms with van der Waals surface area (Å²) in [5.74, 6) is -0.808. The lowest BCUT2D eigenvalue weighted by atomic mass is 10.2. The summed E-state index contributed by atoms with van der Waals surface area (Å²) in [6.07, 6.45) is 1.73. The SMILES string of the molecule is Cc1cn(CC(=O)O)c2c(O)cccc12. The van der Waals surface area contributed by atoms with Gasteiger partial charge in [-0.15, -0.1) is 0 Å². The second kappa shape index (κ2) is 3.31. The average Bonchev–Trinajstić information content (AvgIpc) is 2.44. The second-order valence-corrected chi connectivity index (χ2v) is 3.51. The largest absolute Gasteiger partial charge is 0.506 e. The fourth-order valence-corrected chi connectivity index (χ4v) is 1.79. The monoisotopic (exact) mass is 205 g/mol. The molecule has 0 unspecified atom stereocenters. The molecule has 0 spiro atoms. The summed E-state index contributed by atoms with van der Waals surface area (Å²) in [6, 6.07) is 5.17. The molecule has 0 atom stereocenters. The molecule has 0 aliphatic heterocycles. The zero-order chi connectivity index (χ0) is 11.0. The standard InChI is InChI=1S/C11H11NO3/c1-7-5-12(6-10(14)15)11-8(7)3-2-4-9(11)13/h2-5,13H,6H2,1H3,(H,14,15). The molecular weight excluding hydrogens is 194 g/mol. The van der Waals surface area contributed by atoms with E-state index >= 15 is 0 Å². The summed E-state index contributed by atoms with van der Waals surface area (Å²) >= 11 is 0. The quantitative estimate of drug-likeness (QED) is 0.784. The Morgan fingerprint density at radius 3 is 2.87 bits per heavy atom. The molecule has 4 nitrogen and oxygen atoms in total. The number of benzene rings is 1. The number of aromatic nitrogens is 1. The van der Waals surface area contributed by atoms with Gasteiger partial charge in [0.1, 0.15) is 12.3 Å². The van der Waals surface area contributed by atoms with E-state index < -0.39 is 5.97 Å². The Bertz CT molecular complexity index is 528. The number of phenols is 1. The lowest BCUT2D eigenvalue weighted by molar-refractivity contribution is -0.137. The highest BCUT2D eigenvalue weighted by Crippen LogP contribution is 2.28. The number of aryl methyl sites for hydroxylation is 1. The second-order valence-electron chi connectivity index (χ2n) is 3.51. The number of phenolic OH excluding ortho intramolecular Hbond substituents is 1. The fraction of sp³-hybridized carbons (Fsp3) is 0.182. The Balaban J connectivity index is 2.70. The van der Waals surface area contributed by atoms with Gasteiger partial charge in [0.15, 0.2) is 0 Å². The first kappa shape index (κ1) is 9.58. The van der Waals surface area contributed by atoms with Gasteiger partial charge in [0.2, 0.25) is 0 Å². The zero-order valence-electron chi connectivity index (χ0n) is 8.27. The van der Waals surface area contributed by atoms with Crippen molar-refractivity contribution in [2.45, 2.75) is 13.5 Å². The van der Waals surface area contributed by atoms with Gasteiger partial charge < -0.3 is 14.8 Å². The number of aliphatic carboxylic acids is 1. The molecule has 0 fully saturated rings. The van der Waals surface area contributed by atoms with Gasteiger partial charge in [0, 0.05) is 11.6 Å². The van der Waals surface area contributed by atoms with E-state index in [1.807, 2.05) is 13.0 Å². The van der Waals surface area contributed by atoms with E-state index in [1.165, 1.54) is 0 Å². The number of nitrogens with zero attached hydrogens (tertiary/aromatic N) is 1. The molecule has 0 saturated carbocycles.